The highest BCUT2D eigenvalue weighted by Crippen LogP contribution is 2.21. The number of fused-ring (bicyclic) bond motifs is 1. The van der Waals surface area contributed by atoms with Crippen molar-refractivity contribution in [2.24, 2.45) is 0 Å². The highest BCUT2D eigenvalue weighted by atomic mass is 16.3. The van der Waals surface area contributed by atoms with E-state index in [0.717, 1.165) is 5.39 Å². The van der Waals surface area contributed by atoms with E-state index in [0.29, 0.717) is 11.1 Å². The molecule has 3 rings (SSSR count). The topological polar surface area (TPSA) is 102 Å². The van der Waals surface area contributed by atoms with Crippen LogP contribution in [0.25, 0.3) is 10.8 Å². The van der Waals surface area contributed by atoms with E-state index in [1.165, 1.54) is 11.8 Å². The molecule has 1 aliphatic rings. The third-order valence-electron chi connectivity index (χ3n) is 4.03. The molecular formula is C16H17N3O4. The zero-order valence-corrected chi connectivity index (χ0v) is 12.6. The monoisotopic (exact) mass is 315 g/mol. The maximum Gasteiger partial charge on any atom is 0.255 e. The number of carbonyl (C=O) groups is 2. The van der Waals surface area contributed by atoms with Gasteiger partial charge in [-0.1, -0.05) is 6.07 Å². The van der Waals surface area contributed by atoms with E-state index in [-0.39, 0.29) is 30.3 Å². The Kier molecular flexibility index (Phi) is 3.87. The van der Waals surface area contributed by atoms with Crippen LogP contribution in [0.5, 0.6) is 0 Å². The van der Waals surface area contributed by atoms with Crippen LogP contribution in [0.4, 0.5) is 5.69 Å². The van der Waals surface area contributed by atoms with Gasteiger partial charge in [0.1, 0.15) is 6.04 Å². The van der Waals surface area contributed by atoms with Crippen LogP contribution < -0.4 is 10.9 Å². The van der Waals surface area contributed by atoms with Crippen molar-refractivity contribution in [3.63, 3.8) is 0 Å². The second-order valence-corrected chi connectivity index (χ2v) is 5.67. The molecule has 1 aromatic heterocycles. The molecule has 7 heteroatoms. The van der Waals surface area contributed by atoms with Gasteiger partial charge in [0.25, 0.3) is 5.56 Å². The molecule has 7 nitrogen and oxygen atoms in total. The Morgan fingerprint density at radius 1 is 1.35 bits per heavy atom. The van der Waals surface area contributed by atoms with Crippen LogP contribution in [-0.4, -0.2) is 45.5 Å². The number of β-amino-alcohol motifs (C(OH)–C–C–N with tert-alkyl or cyclic N) is 1. The molecule has 3 N–H and O–H groups in total. The average Bonchev–Trinajstić information content (AvgIpc) is 2.90. The summed E-state index contributed by atoms with van der Waals surface area (Å²) in [6.07, 6.45) is 1.07. The van der Waals surface area contributed by atoms with Crippen molar-refractivity contribution in [3.8, 4) is 0 Å². The van der Waals surface area contributed by atoms with Gasteiger partial charge in [-0.25, -0.2) is 0 Å². The van der Waals surface area contributed by atoms with Gasteiger partial charge < -0.3 is 20.3 Å². The average molecular weight is 315 g/mol. The highest BCUT2D eigenvalue weighted by molar-refractivity contribution is 5.99. The number of H-pyrrole nitrogens is 1. The summed E-state index contributed by atoms with van der Waals surface area (Å²) < 4.78 is 0. The van der Waals surface area contributed by atoms with Gasteiger partial charge in [-0.3, -0.25) is 14.4 Å². The molecule has 120 valence electrons. The number of amides is 2. The lowest BCUT2D eigenvalue weighted by Crippen LogP contribution is -2.42. The summed E-state index contributed by atoms with van der Waals surface area (Å²) in [6, 6.07) is 6.10. The van der Waals surface area contributed by atoms with Crippen LogP contribution in [-0.2, 0) is 9.59 Å². The molecule has 0 saturated carbocycles. The molecule has 2 amide bonds. The molecule has 2 atom stereocenters. The van der Waals surface area contributed by atoms with E-state index < -0.39 is 12.1 Å². The van der Waals surface area contributed by atoms with Crippen molar-refractivity contribution in [2.75, 3.05) is 11.9 Å². The normalized spacial score (nSPS) is 20.7. The molecule has 0 unspecified atom stereocenters. The van der Waals surface area contributed by atoms with Gasteiger partial charge in [0.2, 0.25) is 11.8 Å². The van der Waals surface area contributed by atoms with Crippen LogP contribution in [0.2, 0.25) is 0 Å². The van der Waals surface area contributed by atoms with Crippen LogP contribution in [0, 0.1) is 0 Å². The number of pyridine rings is 1. The van der Waals surface area contributed by atoms with Crippen molar-refractivity contribution in [2.45, 2.75) is 25.5 Å². The minimum atomic E-state index is -0.702. The van der Waals surface area contributed by atoms with Gasteiger partial charge in [0, 0.05) is 37.2 Å². The predicted molar refractivity (Wildman–Crippen MR) is 85.0 cm³/mol. The van der Waals surface area contributed by atoms with E-state index in [2.05, 4.69) is 10.3 Å². The molecule has 1 aromatic carbocycles. The number of anilines is 1. The summed E-state index contributed by atoms with van der Waals surface area (Å²) in [4.78, 5) is 39.7. The lowest BCUT2D eigenvalue weighted by Gasteiger charge is -2.22. The Balaban J connectivity index is 1.84. The van der Waals surface area contributed by atoms with Crippen LogP contribution >= 0.6 is 0 Å². The van der Waals surface area contributed by atoms with Crippen molar-refractivity contribution >= 4 is 28.3 Å². The summed E-state index contributed by atoms with van der Waals surface area (Å²) in [7, 11) is 0. The number of aromatic nitrogens is 1. The van der Waals surface area contributed by atoms with E-state index in [1.54, 1.807) is 30.5 Å². The van der Waals surface area contributed by atoms with Gasteiger partial charge in [-0.05, 0) is 23.6 Å². The van der Waals surface area contributed by atoms with Crippen molar-refractivity contribution in [1.29, 1.82) is 0 Å². The van der Waals surface area contributed by atoms with E-state index in [9.17, 15) is 19.5 Å². The predicted octanol–water partition coefficient (Wildman–Crippen LogP) is 0.448. The Labute approximate surface area is 131 Å². The summed E-state index contributed by atoms with van der Waals surface area (Å²) in [6.45, 7) is 1.53. The summed E-state index contributed by atoms with van der Waals surface area (Å²) >= 11 is 0. The van der Waals surface area contributed by atoms with Crippen molar-refractivity contribution in [1.82, 2.24) is 9.88 Å². The standard InChI is InChI=1S/C16H17N3O4/c1-9(20)19-8-12(21)7-14(19)16(23)18-11-3-2-10-4-5-17-15(22)13(10)6-11/h2-6,12,14,21H,7-8H2,1H3,(H,17,22)(H,18,23)/t12-,14+/m0/s1. The summed E-state index contributed by atoms with van der Waals surface area (Å²) in [5, 5.41) is 13.6. The molecular weight excluding hydrogens is 298 g/mol. The van der Waals surface area contributed by atoms with Gasteiger partial charge in [-0.2, -0.15) is 0 Å². The minimum Gasteiger partial charge on any atom is -0.391 e. The maximum absolute atomic E-state index is 12.4. The van der Waals surface area contributed by atoms with Gasteiger partial charge in [-0.15, -0.1) is 0 Å². The number of nitrogens with one attached hydrogen (secondary N) is 2. The Morgan fingerprint density at radius 3 is 2.87 bits per heavy atom. The number of aliphatic hydroxyl groups excluding tert-OH is 1. The number of carbonyl (C=O) groups excluding carboxylic acids is 2. The summed E-state index contributed by atoms with van der Waals surface area (Å²) in [5.74, 6) is -0.625. The fraction of sp³-hybridized carbons (Fsp3) is 0.312. The second-order valence-electron chi connectivity index (χ2n) is 5.67. The summed E-state index contributed by atoms with van der Waals surface area (Å²) in [5.41, 5.74) is 0.240. The Bertz CT molecular complexity index is 829. The molecule has 0 bridgehead atoms. The molecule has 23 heavy (non-hydrogen) atoms. The van der Waals surface area contributed by atoms with Crippen molar-refractivity contribution in [3.05, 3.63) is 40.8 Å². The Hall–Kier alpha value is -2.67. The lowest BCUT2D eigenvalue weighted by atomic mass is 10.1. The fourth-order valence-electron chi connectivity index (χ4n) is 2.90. The van der Waals surface area contributed by atoms with Gasteiger partial charge in [0.05, 0.1) is 6.10 Å². The number of likely N-dealkylation sites (tertiary alicyclic amines) is 1. The fourth-order valence-corrected chi connectivity index (χ4v) is 2.90. The number of rotatable bonds is 2. The molecule has 2 aromatic rings. The second kappa shape index (κ2) is 5.85. The van der Waals surface area contributed by atoms with Crippen LogP contribution in [0.15, 0.2) is 35.3 Å². The number of nitrogens with zero attached hydrogens (tertiary/aromatic N) is 1. The number of hydrogen-bond acceptors (Lipinski definition) is 4. The number of aromatic amines is 1. The number of benzene rings is 1. The molecule has 0 radical (unpaired) electrons. The SMILES string of the molecule is CC(=O)N1C[C@@H](O)C[C@@H]1C(=O)Nc1ccc2cc[nH]c(=O)c2c1. The quantitative estimate of drug-likeness (QED) is 0.748. The van der Waals surface area contributed by atoms with Crippen LogP contribution in [0.1, 0.15) is 13.3 Å². The molecule has 0 aliphatic carbocycles. The third kappa shape index (κ3) is 2.95. The zero-order chi connectivity index (χ0) is 16.6. The molecule has 2 heterocycles. The van der Waals surface area contributed by atoms with E-state index >= 15 is 0 Å². The molecule has 1 aliphatic heterocycles. The lowest BCUT2D eigenvalue weighted by molar-refractivity contribution is -0.134. The Morgan fingerprint density at radius 2 is 2.13 bits per heavy atom. The first-order valence-corrected chi connectivity index (χ1v) is 7.33. The maximum atomic E-state index is 12.4. The molecule has 1 fully saturated rings. The highest BCUT2D eigenvalue weighted by Gasteiger charge is 2.37. The minimum absolute atomic E-state index is 0.158. The van der Waals surface area contributed by atoms with Crippen LogP contribution in [0.3, 0.4) is 0 Å². The van der Waals surface area contributed by atoms with E-state index in [4.69, 9.17) is 0 Å². The third-order valence-corrected chi connectivity index (χ3v) is 4.03. The zero-order valence-electron chi connectivity index (χ0n) is 12.6. The van der Waals surface area contributed by atoms with E-state index in [1.807, 2.05) is 0 Å². The first-order chi connectivity index (χ1) is 11.0. The molecule has 1 saturated heterocycles. The van der Waals surface area contributed by atoms with Gasteiger partial charge in [0.15, 0.2) is 0 Å². The number of aliphatic hydroxyl groups is 1. The van der Waals surface area contributed by atoms with Gasteiger partial charge >= 0.3 is 0 Å². The first-order valence-electron chi connectivity index (χ1n) is 7.33. The van der Waals surface area contributed by atoms with Crippen molar-refractivity contribution < 1.29 is 14.7 Å². The largest absolute Gasteiger partial charge is 0.391 e. The first kappa shape index (κ1) is 15.2. The molecule has 0 spiro atoms. The number of hydrogen-bond donors (Lipinski definition) is 3. The smallest absolute Gasteiger partial charge is 0.255 e.